The van der Waals surface area contributed by atoms with Crippen LogP contribution in [0.3, 0.4) is 0 Å². The Labute approximate surface area is 91.5 Å². The highest BCUT2D eigenvalue weighted by Crippen LogP contribution is 2.17. The second-order valence-corrected chi connectivity index (χ2v) is 3.46. The van der Waals surface area contributed by atoms with E-state index >= 15 is 0 Å². The molecule has 0 aliphatic heterocycles. The highest BCUT2D eigenvalue weighted by molar-refractivity contribution is 5.66. The Morgan fingerprint density at radius 2 is 2.38 bits per heavy atom. The first-order valence-corrected chi connectivity index (χ1v) is 4.81. The van der Waals surface area contributed by atoms with Crippen LogP contribution in [0.5, 0.6) is 0 Å². The molecular weight excluding hydrogens is 210 g/mol. The van der Waals surface area contributed by atoms with E-state index in [1.165, 1.54) is 0 Å². The van der Waals surface area contributed by atoms with Gasteiger partial charge in [-0.3, -0.25) is 4.79 Å². The van der Waals surface area contributed by atoms with Crippen LogP contribution >= 0.6 is 0 Å². The molecule has 6 nitrogen and oxygen atoms in total. The summed E-state index contributed by atoms with van der Waals surface area (Å²) in [6, 6.07) is 1.86. The van der Waals surface area contributed by atoms with E-state index in [0.717, 1.165) is 5.56 Å². The van der Waals surface area contributed by atoms with Crippen molar-refractivity contribution in [2.24, 2.45) is 7.05 Å². The zero-order valence-electron chi connectivity index (χ0n) is 8.75. The third-order valence-electron chi connectivity index (χ3n) is 2.10. The first-order chi connectivity index (χ1) is 7.65. The predicted molar refractivity (Wildman–Crippen MR) is 54.7 cm³/mol. The van der Waals surface area contributed by atoms with Crippen LogP contribution in [0.25, 0.3) is 11.5 Å². The molecule has 0 saturated carbocycles. The standard InChI is InChI=1S/C10H11N3O3/c1-13-5-4-7(6-13)10-12-11-8(16-10)2-3-9(14)15/h4-6H,2-3H2,1H3,(H,14,15). The molecule has 0 aliphatic rings. The third kappa shape index (κ3) is 2.28. The molecule has 16 heavy (non-hydrogen) atoms. The number of aryl methyl sites for hydroxylation is 2. The second-order valence-electron chi connectivity index (χ2n) is 3.46. The average molecular weight is 221 g/mol. The summed E-state index contributed by atoms with van der Waals surface area (Å²) >= 11 is 0. The van der Waals surface area contributed by atoms with Gasteiger partial charge < -0.3 is 14.1 Å². The van der Waals surface area contributed by atoms with Gasteiger partial charge in [-0.25, -0.2) is 0 Å². The molecular formula is C10H11N3O3. The van der Waals surface area contributed by atoms with Gasteiger partial charge in [-0.05, 0) is 6.07 Å². The van der Waals surface area contributed by atoms with Crippen LogP contribution in [-0.4, -0.2) is 25.8 Å². The number of aliphatic carboxylic acids is 1. The first-order valence-electron chi connectivity index (χ1n) is 4.81. The first kappa shape index (κ1) is 10.4. The molecule has 0 bridgehead atoms. The zero-order valence-corrected chi connectivity index (χ0v) is 8.75. The third-order valence-corrected chi connectivity index (χ3v) is 2.10. The summed E-state index contributed by atoms with van der Waals surface area (Å²) in [5, 5.41) is 16.1. The van der Waals surface area contributed by atoms with Crippen molar-refractivity contribution in [3.05, 3.63) is 24.4 Å². The number of aromatic nitrogens is 3. The van der Waals surface area contributed by atoms with Gasteiger partial charge in [0.2, 0.25) is 11.8 Å². The summed E-state index contributed by atoms with van der Waals surface area (Å²) in [5.74, 6) is -0.110. The van der Waals surface area contributed by atoms with Gasteiger partial charge in [-0.15, -0.1) is 10.2 Å². The minimum atomic E-state index is -0.875. The normalized spacial score (nSPS) is 10.6. The van der Waals surface area contributed by atoms with Crippen molar-refractivity contribution in [2.75, 3.05) is 0 Å². The SMILES string of the molecule is Cn1ccc(-c2nnc(CCC(=O)O)o2)c1. The lowest BCUT2D eigenvalue weighted by Crippen LogP contribution is -1.97. The monoisotopic (exact) mass is 221 g/mol. The molecule has 0 radical (unpaired) electrons. The van der Waals surface area contributed by atoms with Crippen molar-refractivity contribution in [3.8, 4) is 11.5 Å². The minimum absolute atomic E-state index is 0.00355. The largest absolute Gasteiger partial charge is 0.481 e. The van der Waals surface area contributed by atoms with Crippen molar-refractivity contribution in [3.63, 3.8) is 0 Å². The summed E-state index contributed by atoms with van der Waals surface area (Å²) in [7, 11) is 1.89. The topological polar surface area (TPSA) is 81.2 Å². The van der Waals surface area contributed by atoms with Gasteiger partial charge in [0.25, 0.3) is 0 Å². The van der Waals surface area contributed by atoms with Gasteiger partial charge in [-0.1, -0.05) is 0 Å². The maximum absolute atomic E-state index is 10.4. The van der Waals surface area contributed by atoms with E-state index in [2.05, 4.69) is 10.2 Å². The second kappa shape index (κ2) is 4.18. The summed E-state index contributed by atoms with van der Waals surface area (Å²) in [5.41, 5.74) is 0.830. The van der Waals surface area contributed by atoms with E-state index in [-0.39, 0.29) is 12.8 Å². The van der Waals surface area contributed by atoms with Crippen LogP contribution in [0.1, 0.15) is 12.3 Å². The van der Waals surface area contributed by atoms with Crippen molar-refractivity contribution in [2.45, 2.75) is 12.8 Å². The van der Waals surface area contributed by atoms with E-state index in [0.29, 0.717) is 11.8 Å². The number of carbonyl (C=O) groups is 1. The van der Waals surface area contributed by atoms with Crippen molar-refractivity contribution in [1.82, 2.24) is 14.8 Å². The minimum Gasteiger partial charge on any atom is -0.481 e. The number of carboxylic acid groups (broad SMARTS) is 1. The Morgan fingerprint density at radius 3 is 3.00 bits per heavy atom. The fourth-order valence-electron chi connectivity index (χ4n) is 1.31. The Morgan fingerprint density at radius 1 is 1.56 bits per heavy atom. The molecule has 0 aliphatic carbocycles. The molecule has 0 unspecified atom stereocenters. The molecule has 0 atom stereocenters. The van der Waals surface area contributed by atoms with E-state index in [1.807, 2.05) is 30.1 Å². The molecule has 2 heterocycles. The van der Waals surface area contributed by atoms with E-state index in [9.17, 15) is 4.79 Å². The Bertz CT molecular complexity index is 501. The zero-order chi connectivity index (χ0) is 11.5. The van der Waals surface area contributed by atoms with Crippen LogP contribution < -0.4 is 0 Å². The number of carboxylic acids is 1. The molecule has 2 aromatic rings. The van der Waals surface area contributed by atoms with Crippen LogP contribution in [-0.2, 0) is 18.3 Å². The summed E-state index contributed by atoms with van der Waals surface area (Å²) in [4.78, 5) is 10.4. The quantitative estimate of drug-likeness (QED) is 0.835. The average Bonchev–Trinajstić information content (AvgIpc) is 2.83. The van der Waals surface area contributed by atoms with Crippen molar-refractivity contribution < 1.29 is 14.3 Å². The summed E-state index contributed by atoms with van der Waals surface area (Å²) in [6.07, 6.45) is 3.98. The maximum atomic E-state index is 10.4. The highest BCUT2D eigenvalue weighted by Gasteiger charge is 2.10. The molecule has 6 heteroatoms. The molecule has 0 spiro atoms. The van der Waals surface area contributed by atoms with E-state index in [1.54, 1.807) is 0 Å². The predicted octanol–water partition coefficient (Wildman–Crippen LogP) is 1.09. The smallest absolute Gasteiger partial charge is 0.303 e. The molecule has 84 valence electrons. The van der Waals surface area contributed by atoms with Gasteiger partial charge in [0.05, 0.1) is 12.0 Å². The Hall–Kier alpha value is -2.11. The van der Waals surface area contributed by atoms with Crippen LogP contribution in [0.4, 0.5) is 0 Å². The fourth-order valence-corrected chi connectivity index (χ4v) is 1.31. The number of hydrogen-bond donors (Lipinski definition) is 1. The molecule has 1 N–H and O–H groups in total. The molecule has 0 amide bonds. The summed E-state index contributed by atoms with van der Waals surface area (Å²) < 4.78 is 7.21. The van der Waals surface area contributed by atoms with Crippen LogP contribution in [0.2, 0.25) is 0 Å². The number of rotatable bonds is 4. The summed E-state index contributed by atoms with van der Waals surface area (Å²) in [6.45, 7) is 0. The van der Waals surface area contributed by atoms with Gasteiger partial charge in [0.1, 0.15) is 0 Å². The molecule has 0 aromatic carbocycles. The van der Waals surface area contributed by atoms with E-state index < -0.39 is 5.97 Å². The fraction of sp³-hybridized carbons (Fsp3) is 0.300. The molecule has 0 fully saturated rings. The molecule has 2 rings (SSSR count). The van der Waals surface area contributed by atoms with Crippen LogP contribution in [0, 0.1) is 0 Å². The molecule has 0 saturated heterocycles. The van der Waals surface area contributed by atoms with Gasteiger partial charge >= 0.3 is 5.97 Å². The molecule has 2 aromatic heterocycles. The number of nitrogens with zero attached hydrogens (tertiary/aromatic N) is 3. The lowest BCUT2D eigenvalue weighted by Gasteiger charge is -1.89. The lowest BCUT2D eigenvalue weighted by molar-refractivity contribution is -0.137. The van der Waals surface area contributed by atoms with Gasteiger partial charge in [-0.2, -0.15) is 0 Å². The van der Waals surface area contributed by atoms with Crippen LogP contribution in [0.15, 0.2) is 22.9 Å². The Balaban J connectivity index is 2.10. The van der Waals surface area contributed by atoms with Crippen molar-refractivity contribution in [1.29, 1.82) is 0 Å². The van der Waals surface area contributed by atoms with E-state index in [4.69, 9.17) is 9.52 Å². The highest BCUT2D eigenvalue weighted by atomic mass is 16.4. The lowest BCUT2D eigenvalue weighted by atomic mass is 10.3. The van der Waals surface area contributed by atoms with Crippen molar-refractivity contribution >= 4 is 5.97 Å². The van der Waals surface area contributed by atoms with Gasteiger partial charge in [0, 0.05) is 25.9 Å². The Kier molecular flexibility index (Phi) is 2.72. The number of hydrogen-bond acceptors (Lipinski definition) is 4. The van der Waals surface area contributed by atoms with Gasteiger partial charge in [0.15, 0.2) is 0 Å². The maximum Gasteiger partial charge on any atom is 0.303 e.